The average molecular weight is 266 g/mol. The summed E-state index contributed by atoms with van der Waals surface area (Å²) in [5.74, 6) is -2.93. The maximum absolute atomic E-state index is 12.8. The number of carbonyl (C=O) groups is 1. The fourth-order valence-electron chi connectivity index (χ4n) is 2.47. The Bertz CT molecular complexity index is 277. The predicted molar refractivity (Wildman–Crippen MR) is 62.8 cm³/mol. The highest BCUT2D eigenvalue weighted by molar-refractivity contribution is 5.79. The van der Waals surface area contributed by atoms with E-state index in [1.165, 1.54) is 0 Å². The summed E-state index contributed by atoms with van der Waals surface area (Å²) >= 11 is 0. The van der Waals surface area contributed by atoms with E-state index in [0.29, 0.717) is 25.7 Å². The van der Waals surface area contributed by atoms with Crippen LogP contribution in [0.15, 0.2) is 0 Å². The van der Waals surface area contributed by atoms with Gasteiger partial charge in [0.2, 0.25) is 5.91 Å². The van der Waals surface area contributed by atoms with Gasteiger partial charge in [0.15, 0.2) is 0 Å². The lowest BCUT2D eigenvalue weighted by molar-refractivity contribution is -0.198. The topological polar surface area (TPSA) is 55.1 Å². The van der Waals surface area contributed by atoms with Crippen LogP contribution in [0.4, 0.5) is 13.2 Å². The molecule has 0 heterocycles. The smallest absolute Gasteiger partial charge is 0.352 e. The molecule has 1 saturated carbocycles. The third-order valence-corrected chi connectivity index (χ3v) is 3.65. The molecule has 1 amide bonds. The van der Waals surface area contributed by atoms with Crippen molar-refractivity contribution in [1.82, 2.24) is 5.32 Å². The summed E-state index contributed by atoms with van der Waals surface area (Å²) in [5, 5.41) is 2.62. The minimum absolute atomic E-state index is 0.0566. The van der Waals surface area contributed by atoms with Crippen molar-refractivity contribution in [2.24, 2.45) is 17.6 Å². The highest BCUT2D eigenvalue weighted by Crippen LogP contribution is 2.41. The molecule has 3 unspecified atom stereocenters. The Labute approximate surface area is 105 Å². The second kappa shape index (κ2) is 6.41. The Balaban J connectivity index is 2.68. The lowest BCUT2D eigenvalue weighted by atomic mass is 9.78. The number of halogens is 3. The summed E-state index contributed by atoms with van der Waals surface area (Å²) < 4.78 is 38.5. The molecule has 0 spiro atoms. The zero-order valence-electron chi connectivity index (χ0n) is 10.6. The van der Waals surface area contributed by atoms with Gasteiger partial charge in [0.05, 0.1) is 5.92 Å². The standard InChI is InChI=1S/C12H21F3N2O/c1-2-8(7-16)17-11(18)9-5-3-4-6-10(9)12(13,14)15/h8-10H,2-7,16H2,1H3,(H,17,18). The van der Waals surface area contributed by atoms with Crippen molar-refractivity contribution in [1.29, 1.82) is 0 Å². The van der Waals surface area contributed by atoms with E-state index in [2.05, 4.69) is 5.32 Å². The number of rotatable bonds is 4. The molecular weight excluding hydrogens is 245 g/mol. The SMILES string of the molecule is CCC(CN)NC(=O)C1CCCCC1C(F)(F)F. The average Bonchev–Trinajstić information content (AvgIpc) is 2.34. The van der Waals surface area contributed by atoms with Crippen molar-refractivity contribution >= 4 is 5.91 Å². The Hall–Kier alpha value is -0.780. The Morgan fingerprint density at radius 2 is 2.00 bits per heavy atom. The third kappa shape index (κ3) is 3.86. The Morgan fingerprint density at radius 3 is 2.50 bits per heavy atom. The Kier molecular flexibility index (Phi) is 5.44. The van der Waals surface area contributed by atoms with Gasteiger partial charge in [0.1, 0.15) is 0 Å². The minimum atomic E-state index is -4.28. The maximum atomic E-state index is 12.8. The maximum Gasteiger partial charge on any atom is 0.392 e. The molecule has 1 rings (SSSR count). The molecule has 3 nitrogen and oxygen atoms in total. The number of hydrogen-bond donors (Lipinski definition) is 2. The fourth-order valence-corrected chi connectivity index (χ4v) is 2.47. The number of amides is 1. The molecule has 3 N–H and O–H groups in total. The molecular formula is C12H21F3N2O. The van der Waals surface area contributed by atoms with Crippen LogP contribution in [0, 0.1) is 11.8 Å². The third-order valence-electron chi connectivity index (χ3n) is 3.65. The van der Waals surface area contributed by atoms with Gasteiger partial charge in [-0.2, -0.15) is 13.2 Å². The first-order chi connectivity index (χ1) is 8.40. The molecule has 18 heavy (non-hydrogen) atoms. The van der Waals surface area contributed by atoms with E-state index in [-0.39, 0.29) is 19.0 Å². The molecule has 3 atom stereocenters. The van der Waals surface area contributed by atoms with E-state index >= 15 is 0 Å². The molecule has 0 saturated heterocycles. The predicted octanol–water partition coefficient (Wildman–Crippen LogP) is 2.21. The lowest BCUT2D eigenvalue weighted by Crippen LogP contribution is -2.47. The van der Waals surface area contributed by atoms with Gasteiger partial charge in [0, 0.05) is 18.5 Å². The normalized spacial score (nSPS) is 26.7. The summed E-state index contributed by atoms with van der Waals surface area (Å²) in [4.78, 5) is 11.9. The first-order valence-corrected chi connectivity index (χ1v) is 6.47. The summed E-state index contributed by atoms with van der Waals surface area (Å²) in [5.41, 5.74) is 5.44. The summed E-state index contributed by atoms with van der Waals surface area (Å²) in [6, 6.07) is -0.228. The van der Waals surface area contributed by atoms with Crippen molar-refractivity contribution in [2.75, 3.05) is 6.54 Å². The molecule has 0 aromatic rings. The van der Waals surface area contributed by atoms with E-state index in [0.717, 1.165) is 0 Å². The number of hydrogen-bond acceptors (Lipinski definition) is 2. The van der Waals surface area contributed by atoms with Crippen LogP contribution in [-0.4, -0.2) is 24.7 Å². The van der Waals surface area contributed by atoms with Crippen LogP contribution >= 0.6 is 0 Å². The van der Waals surface area contributed by atoms with E-state index in [9.17, 15) is 18.0 Å². The highest BCUT2D eigenvalue weighted by Gasteiger charge is 2.48. The molecule has 1 aliphatic rings. The zero-order valence-corrected chi connectivity index (χ0v) is 10.6. The van der Waals surface area contributed by atoms with Crippen molar-refractivity contribution in [3.05, 3.63) is 0 Å². The molecule has 6 heteroatoms. The van der Waals surface area contributed by atoms with Gasteiger partial charge in [-0.25, -0.2) is 0 Å². The monoisotopic (exact) mass is 266 g/mol. The van der Waals surface area contributed by atoms with Gasteiger partial charge >= 0.3 is 6.18 Å². The van der Waals surface area contributed by atoms with Crippen molar-refractivity contribution in [3.8, 4) is 0 Å². The molecule has 0 bridgehead atoms. The second-order valence-electron chi connectivity index (χ2n) is 4.89. The number of carbonyl (C=O) groups excluding carboxylic acids is 1. The molecule has 1 fully saturated rings. The molecule has 1 aliphatic carbocycles. The van der Waals surface area contributed by atoms with Crippen LogP contribution in [0.3, 0.4) is 0 Å². The number of nitrogens with two attached hydrogens (primary N) is 1. The van der Waals surface area contributed by atoms with Gasteiger partial charge in [-0.15, -0.1) is 0 Å². The highest BCUT2D eigenvalue weighted by atomic mass is 19.4. The first-order valence-electron chi connectivity index (χ1n) is 6.47. The summed E-state index contributed by atoms with van der Waals surface area (Å²) in [7, 11) is 0. The van der Waals surface area contributed by atoms with Crippen LogP contribution in [0.25, 0.3) is 0 Å². The molecule has 0 radical (unpaired) electrons. The van der Waals surface area contributed by atoms with Gasteiger partial charge in [-0.1, -0.05) is 19.8 Å². The van der Waals surface area contributed by atoms with Crippen LogP contribution < -0.4 is 11.1 Å². The molecule has 0 aromatic heterocycles. The molecule has 0 aromatic carbocycles. The van der Waals surface area contributed by atoms with Gasteiger partial charge in [-0.3, -0.25) is 4.79 Å². The van der Waals surface area contributed by atoms with E-state index in [1.807, 2.05) is 6.92 Å². The van der Waals surface area contributed by atoms with Gasteiger partial charge in [0.25, 0.3) is 0 Å². The zero-order chi connectivity index (χ0) is 13.8. The first kappa shape index (κ1) is 15.3. The van der Waals surface area contributed by atoms with Gasteiger partial charge < -0.3 is 11.1 Å². The second-order valence-corrected chi connectivity index (χ2v) is 4.89. The summed E-state index contributed by atoms with van der Waals surface area (Å²) in [6.07, 6.45) is -2.05. The van der Waals surface area contributed by atoms with Crippen LogP contribution in [0.5, 0.6) is 0 Å². The van der Waals surface area contributed by atoms with Crippen LogP contribution in [-0.2, 0) is 4.79 Å². The van der Waals surface area contributed by atoms with Gasteiger partial charge in [-0.05, 0) is 19.3 Å². The molecule has 0 aliphatic heterocycles. The molecule has 106 valence electrons. The van der Waals surface area contributed by atoms with Crippen molar-refractivity contribution in [2.45, 2.75) is 51.2 Å². The van der Waals surface area contributed by atoms with Crippen molar-refractivity contribution < 1.29 is 18.0 Å². The number of alkyl halides is 3. The lowest BCUT2D eigenvalue weighted by Gasteiger charge is -2.32. The van der Waals surface area contributed by atoms with E-state index in [4.69, 9.17) is 5.73 Å². The van der Waals surface area contributed by atoms with Crippen molar-refractivity contribution in [3.63, 3.8) is 0 Å². The summed E-state index contributed by atoms with van der Waals surface area (Å²) in [6.45, 7) is 2.10. The van der Waals surface area contributed by atoms with E-state index < -0.39 is 23.9 Å². The quantitative estimate of drug-likeness (QED) is 0.819. The van der Waals surface area contributed by atoms with E-state index in [1.54, 1.807) is 0 Å². The van der Waals surface area contributed by atoms with Crippen LogP contribution in [0.1, 0.15) is 39.0 Å². The minimum Gasteiger partial charge on any atom is -0.352 e. The van der Waals surface area contributed by atoms with Crippen LogP contribution in [0.2, 0.25) is 0 Å². The fraction of sp³-hybridized carbons (Fsp3) is 0.917. The largest absolute Gasteiger partial charge is 0.392 e. The number of nitrogens with one attached hydrogen (secondary N) is 1. The Morgan fingerprint density at radius 1 is 1.39 bits per heavy atom.